The third kappa shape index (κ3) is 3.03. The van der Waals surface area contributed by atoms with Gasteiger partial charge < -0.3 is 10.5 Å². The van der Waals surface area contributed by atoms with Crippen molar-refractivity contribution >= 4 is 17.2 Å². The van der Waals surface area contributed by atoms with Crippen LogP contribution in [0.1, 0.15) is 29.9 Å². The van der Waals surface area contributed by atoms with Gasteiger partial charge >= 0.3 is 0 Å². The summed E-state index contributed by atoms with van der Waals surface area (Å²) in [6, 6.07) is 16.3. The van der Waals surface area contributed by atoms with Gasteiger partial charge in [0.15, 0.2) is 0 Å². The fraction of sp³-hybridized carbons (Fsp3) is 0.263. The second-order valence-corrected chi connectivity index (χ2v) is 6.10. The Morgan fingerprint density at radius 1 is 1.09 bits per heavy atom. The third-order valence-corrected chi connectivity index (χ3v) is 4.70. The summed E-state index contributed by atoms with van der Waals surface area (Å²) in [4.78, 5) is 0. The van der Waals surface area contributed by atoms with E-state index in [4.69, 9.17) is 22.1 Å². The van der Waals surface area contributed by atoms with Crippen molar-refractivity contribution < 1.29 is 4.74 Å². The molecule has 2 aromatic rings. The maximum atomic E-state index is 6.36. The van der Waals surface area contributed by atoms with Crippen LogP contribution in [0.4, 0.5) is 0 Å². The van der Waals surface area contributed by atoms with Gasteiger partial charge in [-0.25, -0.2) is 0 Å². The van der Waals surface area contributed by atoms with Crippen LogP contribution in [0.5, 0.6) is 5.75 Å². The summed E-state index contributed by atoms with van der Waals surface area (Å²) >= 11 is 6.36. The van der Waals surface area contributed by atoms with E-state index in [0.29, 0.717) is 0 Å². The Balaban J connectivity index is 1.87. The van der Waals surface area contributed by atoms with E-state index in [9.17, 15) is 0 Å². The van der Waals surface area contributed by atoms with E-state index in [1.54, 1.807) is 7.11 Å². The van der Waals surface area contributed by atoms with E-state index >= 15 is 0 Å². The Hall–Kier alpha value is -1.77. The van der Waals surface area contributed by atoms with Gasteiger partial charge in [-0.05, 0) is 47.7 Å². The van der Waals surface area contributed by atoms with Crippen molar-refractivity contribution in [3.63, 3.8) is 0 Å². The van der Waals surface area contributed by atoms with Crippen molar-refractivity contribution in [1.29, 1.82) is 0 Å². The molecule has 0 amide bonds. The fourth-order valence-corrected chi connectivity index (χ4v) is 3.35. The monoisotopic (exact) mass is 313 g/mol. The molecule has 2 N–H and O–H groups in total. The van der Waals surface area contributed by atoms with Crippen molar-refractivity contribution in [2.75, 3.05) is 7.11 Å². The SMILES string of the molecule is COc1ccc(C2=CC[C@H](N)[C@@H](c3ccccc3Cl)C2)cc1. The summed E-state index contributed by atoms with van der Waals surface area (Å²) in [5.74, 6) is 1.13. The molecule has 3 heteroatoms. The van der Waals surface area contributed by atoms with E-state index in [2.05, 4.69) is 24.3 Å². The Morgan fingerprint density at radius 3 is 2.50 bits per heavy atom. The van der Waals surface area contributed by atoms with Crippen LogP contribution in [-0.4, -0.2) is 13.2 Å². The van der Waals surface area contributed by atoms with Crippen molar-refractivity contribution in [1.82, 2.24) is 0 Å². The Labute approximate surface area is 136 Å². The topological polar surface area (TPSA) is 35.2 Å². The first kappa shape index (κ1) is 15.1. The van der Waals surface area contributed by atoms with Crippen LogP contribution in [0.15, 0.2) is 54.6 Å². The highest BCUT2D eigenvalue weighted by Crippen LogP contribution is 2.39. The van der Waals surface area contributed by atoms with Crippen molar-refractivity contribution in [2.24, 2.45) is 5.73 Å². The van der Waals surface area contributed by atoms with Crippen LogP contribution in [0, 0.1) is 0 Å². The van der Waals surface area contributed by atoms with E-state index in [1.807, 2.05) is 30.3 Å². The summed E-state index contributed by atoms with van der Waals surface area (Å²) in [5.41, 5.74) is 10.0. The first-order valence-corrected chi connectivity index (χ1v) is 7.90. The number of methoxy groups -OCH3 is 1. The number of ether oxygens (including phenoxy) is 1. The van der Waals surface area contributed by atoms with Gasteiger partial charge in [0.1, 0.15) is 5.75 Å². The average molecular weight is 314 g/mol. The summed E-state index contributed by atoms with van der Waals surface area (Å²) in [7, 11) is 1.68. The lowest BCUT2D eigenvalue weighted by atomic mass is 9.78. The molecule has 0 fully saturated rings. The highest BCUT2D eigenvalue weighted by atomic mass is 35.5. The molecule has 0 aromatic heterocycles. The molecule has 2 atom stereocenters. The predicted octanol–water partition coefficient (Wildman–Crippen LogP) is 4.64. The van der Waals surface area contributed by atoms with Crippen LogP contribution >= 0.6 is 11.6 Å². The highest BCUT2D eigenvalue weighted by Gasteiger charge is 2.26. The van der Waals surface area contributed by atoms with Crippen LogP contribution in [-0.2, 0) is 0 Å². The van der Waals surface area contributed by atoms with Gasteiger partial charge in [0.05, 0.1) is 7.11 Å². The molecular formula is C19H20ClNO. The maximum Gasteiger partial charge on any atom is 0.118 e. The van der Waals surface area contributed by atoms with E-state index in [1.165, 1.54) is 11.1 Å². The zero-order chi connectivity index (χ0) is 15.5. The average Bonchev–Trinajstić information content (AvgIpc) is 2.56. The lowest BCUT2D eigenvalue weighted by Crippen LogP contribution is -2.30. The van der Waals surface area contributed by atoms with Crippen molar-refractivity contribution in [3.05, 3.63) is 70.8 Å². The summed E-state index contributed by atoms with van der Waals surface area (Å²) in [5, 5.41) is 0.805. The Morgan fingerprint density at radius 2 is 1.82 bits per heavy atom. The molecule has 0 bridgehead atoms. The number of nitrogens with two attached hydrogens (primary N) is 1. The second kappa shape index (κ2) is 6.55. The van der Waals surface area contributed by atoms with Crippen LogP contribution in [0.25, 0.3) is 5.57 Å². The van der Waals surface area contributed by atoms with Gasteiger partial charge in [-0.3, -0.25) is 0 Å². The first-order valence-electron chi connectivity index (χ1n) is 7.52. The van der Waals surface area contributed by atoms with Crippen molar-refractivity contribution in [3.8, 4) is 5.75 Å². The smallest absolute Gasteiger partial charge is 0.118 e. The largest absolute Gasteiger partial charge is 0.497 e. The lowest BCUT2D eigenvalue weighted by Gasteiger charge is -2.30. The molecular weight excluding hydrogens is 294 g/mol. The number of rotatable bonds is 3. The van der Waals surface area contributed by atoms with Gasteiger partial charge in [0, 0.05) is 17.0 Å². The minimum atomic E-state index is 0.113. The van der Waals surface area contributed by atoms with Crippen LogP contribution in [0.2, 0.25) is 5.02 Å². The van der Waals surface area contributed by atoms with Gasteiger partial charge in [-0.15, -0.1) is 0 Å². The van der Waals surface area contributed by atoms with E-state index in [0.717, 1.165) is 29.2 Å². The summed E-state index contributed by atoms with van der Waals surface area (Å²) < 4.78 is 5.22. The molecule has 0 radical (unpaired) electrons. The van der Waals surface area contributed by atoms with Gasteiger partial charge in [0.2, 0.25) is 0 Å². The number of hydrogen-bond acceptors (Lipinski definition) is 2. The molecule has 3 rings (SSSR count). The number of benzene rings is 2. The summed E-state index contributed by atoms with van der Waals surface area (Å²) in [6.07, 6.45) is 4.04. The minimum Gasteiger partial charge on any atom is -0.497 e. The Kier molecular flexibility index (Phi) is 4.51. The highest BCUT2D eigenvalue weighted by molar-refractivity contribution is 6.31. The molecule has 114 valence electrons. The predicted molar refractivity (Wildman–Crippen MR) is 92.4 cm³/mol. The van der Waals surface area contributed by atoms with Gasteiger partial charge in [-0.1, -0.05) is 48.0 Å². The molecule has 22 heavy (non-hydrogen) atoms. The zero-order valence-corrected chi connectivity index (χ0v) is 13.4. The number of hydrogen-bond donors (Lipinski definition) is 1. The van der Waals surface area contributed by atoms with E-state index < -0.39 is 0 Å². The molecule has 1 aliphatic carbocycles. The first-order chi connectivity index (χ1) is 10.7. The zero-order valence-electron chi connectivity index (χ0n) is 12.6. The minimum absolute atomic E-state index is 0.113. The second-order valence-electron chi connectivity index (χ2n) is 5.69. The summed E-state index contributed by atoms with van der Waals surface area (Å²) in [6.45, 7) is 0. The molecule has 0 saturated heterocycles. The third-order valence-electron chi connectivity index (χ3n) is 4.36. The van der Waals surface area contributed by atoms with Crippen LogP contribution in [0.3, 0.4) is 0 Å². The molecule has 1 aliphatic rings. The fourth-order valence-electron chi connectivity index (χ4n) is 3.07. The molecule has 0 heterocycles. The number of allylic oxidation sites excluding steroid dienone is 1. The molecule has 0 unspecified atom stereocenters. The molecule has 2 nitrogen and oxygen atoms in total. The van der Waals surface area contributed by atoms with E-state index in [-0.39, 0.29) is 12.0 Å². The number of halogens is 1. The normalized spacial score (nSPS) is 21.3. The molecule has 0 spiro atoms. The van der Waals surface area contributed by atoms with Crippen LogP contribution < -0.4 is 10.5 Å². The van der Waals surface area contributed by atoms with Crippen molar-refractivity contribution in [2.45, 2.75) is 24.8 Å². The quantitative estimate of drug-likeness (QED) is 0.896. The Bertz CT molecular complexity index is 678. The molecule has 2 aromatic carbocycles. The molecule has 0 saturated carbocycles. The van der Waals surface area contributed by atoms with Gasteiger partial charge in [-0.2, -0.15) is 0 Å². The lowest BCUT2D eigenvalue weighted by molar-refractivity contribution is 0.414. The maximum absolute atomic E-state index is 6.36. The molecule has 0 aliphatic heterocycles. The standard InChI is InChI=1S/C19H20ClNO/c1-22-15-9-6-13(7-10-15)14-8-11-19(21)17(12-14)16-4-2-3-5-18(16)20/h2-10,17,19H,11-12,21H2,1H3/t17-,19+/m1/s1. The van der Waals surface area contributed by atoms with Gasteiger partial charge in [0.25, 0.3) is 0 Å².